The average Bonchev–Trinajstić information content (AvgIpc) is 2.32. The van der Waals surface area contributed by atoms with Crippen LogP contribution in [0.1, 0.15) is 43.2 Å². The van der Waals surface area contributed by atoms with Gasteiger partial charge in [-0.1, -0.05) is 30.7 Å². The Bertz CT molecular complexity index is 456. The van der Waals surface area contributed by atoms with Crippen molar-refractivity contribution in [1.29, 1.82) is 0 Å². The molecular formula is C15H19ClO2. The zero-order chi connectivity index (χ0) is 13.3. The second kappa shape index (κ2) is 5.31. The number of hydrogen-bond acceptors (Lipinski definition) is 1. The molecule has 0 aromatic heterocycles. The van der Waals surface area contributed by atoms with Crippen molar-refractivity contribution < 1.29 is 9.90 Å². The Morgan fingerprint density at radius 3 is 2.72 bits per heavy atom. The van der Waals surface area contributed by atoms with Crippen LogP contribution in [0.25, 0.3) is 0 Å². The van der Waals surface area contributed by atoms with Gasteiger partial charge in [-0.2, -0.15) is 0 Å². The maximum absolute atomic E-state index is 11.4. The van der Waals surface area contributed by atoms with Gasteiger partial charge >= 0.3 is 5.97 Å². The highest BCUT2D eigenvalue weighted by Gasteiger charge is 2.34. The van der Waals surface area contributed by atoms with E-state index in [9.17, 15) is 9.90 Å². The van der Waals surface area contributed by atoms with Crippen molar-refractivity contribution in [2.24, 2.45) is 11.8 Å². The molecule has 1 aliphatic rings. The lowest BCUT2D eigenvalue weighted by Gasteiger charge is -2.32. The lowest BCUT2D eigenvalue weighted by molar-refractivity contribution is -0.143. The molecule has 0 radical (unpaired) electrons. The summed E-state index contributed by atoms with van der Waals surface area (Å²) in [7, 11) is 0. The van der Waals surface area contributed by atoms with E-state index in [1.54, 1.807) is 0 Å². The monoisotopic (exact) mass is 266 g/mol. The molecular weight excluding hydrogens is 248 g/mol. The summed E-state index contributed by atoms with van der Waals surface area (Å²) in [5.41, 5.74) is 2.11. The van der Waals surface area contributed by atoms with Crippen molar-refractivity contribution in [3.8, 4) is 0 Å². The van der Waals surface area contributed by atoms with Gasteiger partial charge in [0.1, 0.15) is 0 Å². The Balaban J connectivity index is 2.31. The lowest BCUT2D eigenvalue weighted by Crippen LogP contribution is -2.28. The van der Waals surface area contributed by atoms with Gasteiger partial charge in [0.25, 0.3) is 0 Å². The van der Waals surface area contributed by atoms with E-state index in [4.69, 9.17) is 11.6 Å². The number of rotatable bonds is 2. The Morgan fingerprint density at radius 2 is 2.11 bits per heavy atom. The molecule has 1 N–H and O–H groups in total. The smallest absolute Gasteiger partial charge is 0.307 e. The highest BCUT2D eigenvalue weighted by molar-refractivity contribution is 6.31. The number of hydrogen-bond donors (Lipinski definition) is 1. The van der Waals surface area contributed by atoms with E-state index in [0.29, 0.717) is 5.92 Å². The summed E-state index contributed by atoms with van der Waals surface area (Å²) in [4.78, 5) is 11.4. The molecule has 2 nitrogen and oxygen atoms in total. The second-order valence-corrected chi connectivity index (χ2v) is 5.89. The topological polar surface area (TPSA) is 37.3 Å². The molecule has 18 heavy (non-hydrogen) atoms. The molecule has 3 heteroatoms. The third-order valence-electron chi connectivity index (χ3n) is 4.05. The third kappa shape index (κ3) is 2.69. The summed E-state index contributed by atoms with van der Waals surface area (Å²) < 4.78 is 0. The van der Waals surface area contributed by atoms with E-state index in [1.165, 1.54) is 0 Å². The fourth-order valence-electron chi connectivity index (χ4n) is 2.88. The molecule has 0 amide bonds. The average molecular weight is 267 g/mol. The van der Waals surface area contributed by atoms with Gasteiger partial charge in [0.15, 0.2) is 0 Å². The largest absolute Gasteiger partial charge is 0.481 e. The van der Waals surface area contributed by atoms with Gasteiger partial charge in [0.05, 0.1) is 5.92 Å². The van der Waals surface area contributed by atoms with Crippen LogP contribution in [-0.2, 0) is 4.79 Å². The van der Waals surface area contributed by atoms with Crippen LogP contribution in [0.2, 0.25) is 5.02 Å². The Kier molecular flexibility index (Phi) is 3.96. The zero-order valence-corrected chi connectivity index (χ0v) is 11.6. The van der Waals surface area contributed by atoms with Gasteiger partial charge in [0.2, 0.25) is 0 Å². The van der Waals surface area contributed by atoms with Gasteiger partial charge in [-0.15, -0.1) is 0 Å². The van der Waals surface area contributed by atoms with Crippen LogP contribution in [0.4, 0.5) is 0 Å². The summed E-state index contributed by atoms with van der Waals surface area (Å²) >= 11 is 6.15. The number of aliphatic carboxylic acids is 1. The number of carbonyl (C=O) groups is 1. The van der Waals surface area contributed by atoms with Gasteiger partial charge in [0, 0.05) is 5.02 Å². The molecule has 1 aromatic carbocycles. The van der Waals surface area contributed by atoms with Crippen molar-refractivity contribution in [3.63, 3.8) is 0 Å². The first-order chi connectivity index (χ1) is 8.49. The minimum Gasteiger partial charge on any atom is -0.481 e. The lowest BCUT2D eigenvalue weighted by atomic mass is 9.71. The molecule has 98 valence electrons. The standard InChI is InChI=1S/C15H19ClO2/c1-9-3-6-12(15(17)18)13(7-9)11-5-4-10(2)14(16)8-11/h4-5,8-9,12-13H,3,6-7H2,1-2H3,(H,17,18). The predicted molar refractivity (Wildman–Crippen MR) is 73.1 cm³/mol. The molecule has 0 spiro atoms. The third-order valence-corrected chi connectivity index (χ3v) is 4.46. The van der Waals surface area contributed by atoms with Crippen LogP contribution in [-0.4, -0.2) is 11.1 Å². The van der Waals surface area contributed by atoms with Crippen LogP contribution < -0.4 is 0 Å². The van der Waals surface area contributed by atoms with Crippen LogP contribution in [0.15, 0.2) is 18.2 Å². The molecule has 0 aliphatic heterocycles. The Labute approximate surface area is 113 Å². The molecule has 0 bridgehead atoms. The number of carboxylic acids is 1. The molecule has 3 atom stereocenters. The molecule has 1 saturated carbocycles. The van der Waals surface area contributed by atoms with Crippen LogP contribution >= 0.6 is 11.6 Å². The fourth-order valence-corrected chi connectivity index (χ4v) is 3.07. The summed E-state index contributed by atoms with van der Waals surface area (Å²) in [6.45, 7) is 4.16. The van der Waals surface area contributed by atoms with Gasteiger partial charge in [-0.05, 0) is 55.2 Å². The van der Waals surface area contributed by atoms with Crippen LogP contribution in [0.5, 0.6) is 0 Å². The SMILES string of the molecule is Cc1ccc(C2CC(C)CCC2C(=O)O)cc1Cl. The van der Waals surface area contributed by atoms with Crippen LogP contribution in [0, 0.1) is 18.8 Å². The van der Waals surface area contributed by atoms with E-state index in [0.717, 1.165) is 35.4 Å². The molecule has 3 unspecified atom stereocenters. The minimum absolute atomic E-state index is 0.101. The molecule has 0 saturated heterocycles. The number of aryl methyl sites for hydroxylation is 1. The first-order valence-electron chi connectivity index (χ1n) is 6.48. The van der Waals surface area contributed by atoms with Crippen molar-refractivity contribution in [2.75, 3.05) is 0 Å². The van der Waals surface area contributed by atoms with E-state index in [1.807, 2.05) is 25.1 Å². The Hall–Kier alpha value is -1.02. The predicted octanol–water partition coefficient (Wildman–Crippen LogP) is 4.25. The second-order valence-electron chi connectivity index (χ2n) is 5.48. The summed E-state index contributed by atoms with van der Waals surface area (Å²) in [6, 6.07) is 5.95. The van der Waals surface area contributed by atoms with E-state index >= 15 is 0 Å². The molecule has 1 fully saturated rings. The minimum atomic E-state index is -0.677. The van der Waals surface area contributed by atoms with Crippen molar-refractivity contribution >= 4 is 17.6 Å². The maximum Gasteiger partial charge on any atom is 0.307 e. The highest BCUT2D eigenvalue weighted by atomic mass is 35.5. The van der Waals surface area contributed by atoms with Crippen LogP contribution in [0.3, 0.4) is 0 Å². The zero-order valence-electron chi connectivity index (χ0n) is 10.8. The molecule has 1 aliphatic carbocycles. The van der Waals surface area contributed by atoms with Gasteiger partial charge < -0.3 is 5.11 Å². The van der Waals surface area contributed by atoms with Crippen molar-refractivity contribution in [3.05, 3.63) is 34.3 Å². The molecule has 2 rings (SSSR count). The number of benzene rings is 1. The van der Waals surface area contributed by atoms with Crippen molar-refractivity contribution in [1.82, 2.24) is 0 Å². The quantitative estimate of drug-likeness (QED) is 0.869. The normalized spacial score (nSPS) is 28.1. The summed E-state index contributed by atoms with van der Waals surface area (Å²) in [5, 5.41) is 10.1. The first kappa shape index (κ1) is 13.4. The Morgan fingerprint density at radius 1 is 1.39 bits per heavy atom. The maximum atomic E-state index is 11.4. The van der Waals surface area contributed by atoms with Crippen molar-refractivity contribution in [2.45, 2.75) is 39.0 Å². The first-order valence-corrected chi connectivity index (χ1v) is 6.85. The van der Waals surface area contributed by atoms with E-state index < -0.39 is 5.97 Å². The van der Waals surface area contributed by atoms with E-state index in [-0.39, 0.29) is 11.8 Å². The number of carboxylic acid groups (broad SMARTS) is 1. The van der Waals surface area contributed by atoms with Gasteiger partial charge in [-0.25, -0.2) is 0 Å². The molecule has 1 aromatic rings. The number of halogens is 1. The summed E-state index contributed by atoms with van der Waals surface area (Å²) in [6.07, 6.45) is 2.72. The summed E-state index contributed by atoms with van der Waals surface area (Å²) in [5.74, 6) is -0.251. The fraction of sp³-hybridized carbons (Fsp3) is 0.533. The van der Waals surface area contributed by atoms with E-state index in [2.05, 4.69) is 6.92 Å². The highest BCUT2D eigenvalue weighted by Crippen LogP contribution is 2.41. The van der Waals surface area contributed by atoms with Gasteiger partial charge in [-0.3, -0.25) is 4.79 Å². The molecule has 0 heterocycles.